The molecule has 2 fully saturated rings. The summed E-state index contributed by atoms with van der Waals surface area (Å²) in [6.07, 6.45) is 5.40. The number of hydrogen-bond donors (Lipinski definition) is 1. The van der Waals surface area contributed by atoms with E-state index in [1.807, 2.05) is 41.3 Å². The summed E-state index contributed by atoms with van der Waals surface area (Å²) in [5, 5.41) is 3.04. The Hall–Kier alpha value is -2.66. The van der Waals surface area contributed by atoms with Crippen molar-refractivity contribution in [3.8, 4) is 0 Å². The van der Waals surface area contributed by atoms with E-state index in [0.29, 0.717) is 24.6 Å². The normalized spacial score (nSPS) is 19.8. The molecule has 0 aliphatic carbocycles. The minimum absolute atomic E-state index is 0.118. The number of nitrogens with zero attached hydrogens (tertiary/aromatic N) is 2. The van der Waals surface area contributed by atoms with Gasteiger partial charge >= 0.3 is 0 Å². The van der Waals surface area contributed by atoms with Gasteiger partial charge in [-0.15, -0.1) is 0 Å². The van der Waals surface area contributed by atoms with Crippen molar-refractivity contribution in [1.82, 2.24) is 9.80 Å². The molecule has 2 aliphatic heterocycles. The molecule has 0 spiro atoms. The average molecular weight is 406 g/mol. The summed E-state index contributed by atoms with van der Waals surface area (Å²) in [6, 6.07) is 16.3. The zero-order valence-electron chi connectivity index (χ0n) is 17.8. The standard InChI is InChI=1S/C25H31N3O2/c1-19-7-2-3-13-27(19)17-21-9-5-11-23(16-21)26-25(30)22-10-4-8-20(15-22)18-28-14-6-12-24(28)29/h4-5,8-11,15-16,19H,2-3,6-7,12-14,17-18H2,1H3,(H,26,30)/t19-/m0/s1. The Morgan fingerprint density at radius 2 is 1.80 bits per heavy atom. The van der Waals surface area contributed by atoms with Crippen molar-refractivity contribution < 1.29 is 9.59 Å². The first-order valence-corrected chi connectivity index (χ1v) is 11.1. The summed E-state index contributed by atoms with van der Waals surface area (Å²) in [4.78, 5) is 29.1. The lowest BCUT2D eigenvalue weighted by Crippen LogP contribution is -2.36. The number of carbonyl (C=O) groups is 2. The van der Waals surface area contributed by atoms with Gasteiger partial charge in [-0.3, -0.25) is 14.5 Å². The molecule has 2 aromatic rings. The van der Waals surface area contributed by atoms with Crippen LogP contribution in [0.15, 0.2) is 48.5 Å². The average Bonchev–Trinajstić information content (AvgIpc) is 3.15. The fourth-order valence-electron chi connectivity index (χ4n) is 4.48. The first kappa shape index (κ1) is 20.6. The molecule has 2 amide bonds. The highest BCUT2D eigenvalue weighted by atomic mass is 16.2. The van der Waals surface area contributed by atoms with Crippen LogP contribution in [0.25, 0.3) is 0 Å². The van der Waals surface area contributed by atoms with E-state index >= 15 is 0 Å². The highest BCUT2D eigenvalue weighted by Gasteiger charge is 2.21. The van der Waals surface area contributed by atoms with Crippen LogP contribution in [-0.4, -0.2) is 40.7 Å². The van der Waals surface area contributed by atoms with Crippen LogP contribution in [0, 0.1) is 0 Å². The lowest BCUT2D eigenvalue weighted by atomic mass is 10.0. The van der Waals surface area contributed by atoms with E-state index in [-0.39, 0.29) is 11.8 Å². The summed E-state index contributed by atoms with van der Waals surface area (Å²) < 4.78 is 0. The van der Waals surface area contributed by atoms with Gasteiger partial charge in [-0.1, -0.05) is 30.7 Å². The topological polar surface area (TPSA) is 52.7 Å². The lowest BCUT2D eigenvalue weighted by Gasteiger charge is -2.33. The number of amides is 2. The molecule has 0 radical (unpaired) electrons. The van der Waals surface area contributed by atoms with Crippen LogP contribution in [-0.2, 0) is 17.9 Å². The Morgan fingerprint density at radius 1 is 1.00 bits per heavy atom. The molecule has 4 rings (SSSR count). The molecule has 2 saturated heterocycles. The van der Waals surface area contributed by atoms with Crippen LogP contribution in [0.1, 0.15) is 60.5 Å². The largest absolute Gasteiger partial charge is 0.338 e. The number of rotatable bonds is 6. The first-order valence-electron chi connectivity index (χ1n) is 11.1. The molecule has 5 heteroatoms. The van der Waals surface area contributed by atoms with Crippen molar-refractivity contribution in [3.63, 3.8) is 0 Å². The van der Waals surface area contributed by atoms with E-state index in [4.69, 9.17) is 0 Å². The zero-order valence-corrected chi connectivity index (χ0v) is 17.8. The minimum Gasteiger partial charge on any atom is -0.338 e. The maximum absolute atomic E-state index is 12.8. The van der Waals surface area contributed by atoms with Gasteiger partial charge in [0.2, 0.25) is 5.91 Å². The second-order valence-corrected chi connectivity index (χ2v) is 8.59. The van der Waals surface area contributed by atoms with Crippen molar-refractivity contribution in [2.75, 3.05) is 18.4 Å². The molecular weight excluding hydrogens is 374 g/mol. The number of nitrogens with one attached hydrogen (secondary N) is 1. The van der Waals surface area contributed by atoms with Gasteiger partial charge in [-0.25, -0.2) is 0 Å². The van der Waals surface area contributed by atoms with Gasteiger partial charge in [0.15, 0.2) is 0 Å². The third kappa shape index (κ3) is 5.08. The maximum atomic E-state index is 12.8. The van der Waals surface area contributed by atoms with Gasteiger partial charge in [0.1, 0.15) is 0 Å². The van der Waals surface area contributed by atoms with Crippen LogP contribution in [0.3, 0.4) is 0 Å². The van der Waals surface area contributed by atoms with E-state index in [1.165, 1.54) is 24.8 Å². The molecule has 1 atom stereocenters. The van der Waals surface area contributed by atoms with Crippen LogP contribution in [0.2, 0.25) is 0 Å². The van der Waals surface area contributed by atoms with Gasteiger partial charge in [0, 0.05) is 43.3 Å². The summed E-state index contributed by atoms with van der Waals surface area (Å²) in [7, 11) is 0. The van der Waals surface area contributed by atoms with E-state index in [0.717, 1.165) is 37.3 Å². The molecule has 0 saturated carbocycles. The highest BCUT2D eigenvalue weighted by Crippen LogP contribution is 2.21. The number of carbonyl (C=O) groups excluding carboxylic acids is 2. The fraction of sp³-hybridized carbons (Fsp3) is 0.440. The van der Waals surface area contributed by atoms with Crippen LogP contribution >= 0.6 is 0 Å². The molecule has 2 heterocycles. The predicted octanol–water partition coefficient (Wildman–Crippen LogP) is 4.44. The molecule has 30 heavy (non-hydrogen) atoms. The Balaban J connectivity index is 1.40. The predicted molar refractivity (Wildman–Crippen MR) is 119 cm³/mol. The minimum atomic E-state index is -0.118. The highest BCUT2D eigenvalue weighted by molar-refractivity contribution is 6.04. The maximum Gasteiger partial charge on any atom is 0.255 e. The van der Waals surface area contributed by atoms with E-state index < -0.39 is 0 Å². The van der Waals surface area contributed by atoms with Crippen LogP contribution < -0.4 is 5.32 Å². The second-order valence-electron chi connectivity index (χ2n) is 8.59. The summed E-state index contributed by atoms with van der Waals surface area (Å²) in [5.41, 5.74) is 3.66. The molecule has 5 nitrogen and oxygen atoms in total. The van der Waals surface area contributed by atoms with Crippen molar-refractivity contribution in [3.05, 3.63) is 65.2 Å². The third-order valence-electron chi connectivity index (χ3n) is 6.25. The fourth-order valence-corrected chi connectivity index (χ4v) is 4.48. The van der Waals surface area contributed by atoms with Gasteiger partial charge in [0.05, 0.1) is 0 Å². The number of anilines is 1. The molecule has 0 unspecified atom stereocenters. The Labute approximate surface area is 179 Å². The van der Waals surface area contributed by atoms with Gasteiger partial charge in [-0.2, -0.15) is 0 Å². The number of hydrogen-bond acceptors (Lipinski definition) is 3. The Morgan fingerprint density at radius 3 is 2.57 bits per heavy atom. The first-order chi connectivity index (χ1) is 14.6. The molecule has 158 valence electrons. The van der Waals surface area contributed by atoms with E-state index in [2.05, 4.69) is 29.3 Å². The molecule has 2 aromatic carbocycles. The van der Waals surface area contributed by atoms with Crippen LogP contribution in [0.5, 0.6) is 0 Å². The Kier molecular flexibility index (Phi) is 6.48. The summed E-state index contributed by atoms with van der Waals surface area (Å²) in [6.45, 7) is 5.74. The van der Waals surface area contributed by atoms with Crippen molar-refractivity contribution in [2.24, 2.45) is 0 Å². The number of likely N-dealkylation sites (tertiary alicyclic amines) is 2. The quantitative estimate of drug-likeness (QED) is 0.773. The SMILES string of the molecule is C[C@H]1CCCCN1Cc1cccc(NC(=O)c2cccc(CN3CCCC3=O)c2)c1. The summed E-state index contributed by atoms with van der Waals surface area (Å²) >= 11 is 0. The molecule has 2 aliphatic rings. The van der Waals surface area contributed by atoms with Crippen molar-refractivity contribution in [2.45, 2.75) is 58.2 Å². The van der Waals surface area contributed by atoms with Gasteiger partial charge in [0.25, 0.3) is 5.91 Å². The van der Waals surface area contributed by atoms with Gasteiger partial charge in [-0.05, 0) is 68.1 Å². The Bertz CT molecular complexity index is 911. The number of benzene rings is 2. The lowest BCUT2D eigenvalue weighted by molar-refractivity contribution is -0.128. The summed E-state index contributed by atoms with van der Waals surface area (Å²) in [5.74, 6) is 0.0813. The number of piperidine rings is 1. The molecule has 0 aromatic heterocycles. The van der Waals surface area contributed by atoms with Crippen LogP contribution in [0.4, 0.5) is 5.69 Å². The monoisotopic (exact) mass is 405 g/mol. The van der Waals surface area contributed by atoms with E-state index in [9.17, 15) is 9.59 Å². The van der Waals surface area contributed by atoms with E-state index in [1.54, 1.807) is 0 Å². The molecule has 0 bridgehead atoms. The molecular formula is C25H31N3O2. The van der Waals surface area contributed by atoms with Gasteiger partial charge < -0.3 is 10.2 Å². The molecule has 1 N–H and O–H groups in total. The third-order valence-corrected chi connectivity index (χ3v) is 6.25. The zero-order chi connectivity index (χ0) is 20.9. The van der Waals surface area contributed by atoms with Crippen molar-refractivity contribution >= 4 is 17.5 Å². The van der Waals surface area contributed by atoms with Crippen molar-refractivity contribution in [1.29, 1.82) is 0 Å². The smallest absolute Gasteiger partial charge is 0.255 e. The second kappa shape index (κ2) is 9.43.